The van der Waals surface area contributed by atoms with Crippen LogP contribution in [0.5, 0.6) is 5.75 Å². The van der Waals surface area contributed by atoms with Gasteiger partial charge in [0, 0.05) is 44.7 Å². The third kappa shape index (κ3) is 8.53. The summed E-state index contributed by atoms with van der Waals surface area (Å²) in [6.45, 7) is 9.36. The summed E-state index contributed by atoms with van der Waals surface area (Å²) in [5, 5.41) is 6.78. The van der Waals surface area contributed by atoms with Gasteiger partial charge in [0.2, 0.25) is 0 Å². The summed E-state index contributed by atoms with van der Waals surface area (Å²) in [6.07, 6.45) is 2.08. The highest BCUT2D eigenvalue weighted by atomic mass is 127. The van der Waals surface area contributed by atoms with Gasteiger partial charge in [-0.1, -0.05) is 26.0 Å². The van der Waals surface area contributed by atoms with Crippen LogP contribution in [0.1, 0.15) is 32.3 Å². The molecule has 0 amide bonds. The van der Waals surface area contributed by atoms with Gasteiger partial charge in [0.15, 0.2) is 5.96 Å². The summed E-state index contributed by atoms with van der Waals surface area (Å²) in [7, 11) is 3.48. The molecule has 1 unspecified atom stereocenters. The minimum Gasteiger partial charge on any atom is -0.497 e. The van der Waals surface area contributed by atoms with Gasteiger partial charge in [-0.2, -0.15) is 0 Å². The van der Waals surface area contributed by atoms with Crippen molar-refractivity contribution in [1.82, 2.24) is 10.6 Å². The third-order valence-electron chi connectivity index (χ3n) is 4.93. The predicted octanol–water partition coefficient (Wildman–Crippen LogP) is 3.20. The van der Waals surface area contributed by atoms with Gasteiger partial charge in [0.25, 0.3) is 0 Å². The molecule has 2 N–H and O–H groups in total. The lowest BCUT2D eigenvalue weighted by atomic mass is 9.84. The van der Waals surface area contributed by atoms with Crippen molar-refractivity contribution in [2.75, 3.05) is 53.7 Å². The van der Waals surface area contributed by atoms with Gasteiger partial charge >= 0.3 is 0 Å². The van der Waals surface area contributed by atoms with Crippen molar-refractivity contribution >= 4 is 29.9 Å². The van der Waals surface area contributed by atoms with Crippen molar-refractivity contribution in [2.24, 2.45) is 10.9 Å². The van der Waals surface area contributed by atoms with Crippen molar-refractivity contribution < 1.29 is 14.2 Å². The Bertz CT molecular complexity index is 573. The number of methoxy groups -OCH3 is 1. The minimum atomic E-state index is -0.0175. The molecule has 1 fully saturated rings. The monoisotopic (exact) mass is 505 g/mol. The van der Waals surface area contributed by atoms with Crippen LogP contribution < -0.4 is 15.4 Å². The first-order valence-electron chi connectivity index (χ1n) is 9.79. The van der Waals surface area contributed by atoms with Crippen LogP contribution in [0.2, 0.25) is 0 Å². The fraction of sp³-hybridized carbons (Fsp3) is 0.667. The van der Waals surface area contributed by atoms with E-state index in [1.807, 2.05) is 12.1 Å². The highest BCUT2D eigenvalue weighted by Crippen LogP contribution is 2.24. The average Bonchev–Trinajstić information content (AvgIpc) is 3.20. The van der Waals surface area contributed by atoms with E-state index in [1.165, 1.54) is 5.56 Å². The molecule has 2 rings (SSSR count). The first-order valence-corrected chi connectivity index (χ1v) is 9.79. The summed E-state index contributed by atoms with van der Waals surface area (Å²) in [6, 6.07) is 8.23. The lowest BCUT2D eigenvalue weighted by molar-refractivity contribution is 0.0888. The van der Waals surface area contributed by atoms with Crippen molar-refractivity contribution in [3.63, 3.8) is 0 Å². The first-order chi connectivity index (χ1) is 13.0. The Morgan fingerprint density at radius 3 is 2.61 bits per heavy atom. The summed E-state index contributed by atoms with van der Waals surface area (Å²) in [5.41, 5.74) is 1.24. The molecule has 1 atom stereocenters. The SMILES string of the molecule is CN=C(NCCCOCC1CCOC1)NCC(C)(C)c1ccc(OC)cc1.I. The summed E-state index contributed by atoms with van der Waals surface area (Å²) < 4.78 is 16.3. The van der Waals surface area contributed by atoms with E-state index in [-0.39, 0.29) is 29.4 Å². The van der Waals surface area contributed by atoms with E-state index in [0.717, 1.165) is 64.1 Å². The molecule has 0 saturated carbocycles. The highest BCUT2D eigenvalue weighted by Gasteiger charge is 2.21. The number of halogens is 1. The molecule has 1 aliphatic heterocycles. The molecule has 0 bridgehead atoms. The van der Waals surface area contributed by atoms with E-state index in [4.69, 9.17) is 14.2 Å². The Morgan fingerprint density at radius 1 is 1.25 bits per heavy atom. The molecule has 28 heavy (non-hydrogen) atoms. The number of nitrogens with zero attached hydrogens (tertiary/aromatic N) is 1. The highest BCUT2D eigenvalue weighted by molar-refractivity contribution is 14.0. The number of benzene rings is 1. The van der Waals surface area contributed by atoms with Crippen molar-refractivity contribution in [3.05, 3.63) is 29.8 Å². The zero-order chi connectivity index (χ0) is 19.5. The van der Waals surface area contributed by atoms with E-state index in [0.29, 0.717) is 5.92 Å². The number of guanidine groups is 1. The fourth-order valence-electron chi connectivity index (χ4n) is 3.02. The lowest BCUT2D eigenvalue weighted by Crippen LogP contribution is -2.43. The van der Waals surface area contributed by atoms with E-state index in [1.54, 1.807) is 14.2 Å². The quantitative estimate of drug-likeness (QED) is 0.221. The predicted molar refractivity (Wildman–Crippen MR) is 125 cm³/mol. The lowest BCUT2D eigenvalue weighted by Gasteiger charge is -2.27. The Kier molecular flexibility index (Phi) is 11.8. The van der Waals surface area contributed by atoms with Gasteiger partial charge in [-0.3, -0.25) is 4.99 Å². The number of hydrogen-bond donors (Lipinski definition) is 2. The third-order valence-corrected chi connectivity index (χ3v) is 4.93. The molecule has 0 aromatic heterocycles. The maximum atomic E-state index is 5.73. The van der Waals surface area contributed by atoms with Crippen LogP contribution in [-0.2, 0) is 14.9 Å². The molecule has 1 heterocycles. The summed E-state index contributed by atoms with van der Waals surface area (Å²) >= 11 is 0. The van der Waals surface area contributed by atoms with Crippen LogP contribution in [0.3, 0.4) is 0 Å². The summed E-state index contributed by atoms with van der Waals surface area (Å²) in [5.74, 6) is 2.27. The van der Waals surface area contributed by atoms with Crippen molar-refractivity contribution in [2.45, 2.75) is 32.1 Å². The Balaban J connectivity index is 0.00000392. The molecule has 0 aliphatic carbocycles. The van der Waals surface area contributed by atoms with Gasteiger partial charge < -0.3 is 24.8 Å². The van der Waals surface area contributed by atoms with Gasteiger partial charge in [0.05, 0.1) is 20.3 Å². The number of aliphatic imine (C=N–C) groups is 1. The molecule has 1 saturated heterocycles. The molecule has 160 valence electrons. The molecular weight excluding hydrogens is 469 g/mol. The molecule has 7 heteroatoms. The van der Waals surface area contributed by atoms with Crippen molar-refractivity contribution in [3.8, 4) is 5.75 Å². The zero-order valence-electron chi connectivity index (χ0n) is 17.6. The Labute approximate surface area is 186 Å². The molecule has 1 aromatic carbocycles. The molecule has 0 radical (unpaired) electrons. The van der Waals surface area contributed by atoms with Gasteiger partial charge in [0.1, 0.15) is 5.75 Å². The van der Waals surface area contributed by atoms with Crippen molar-refractivity contribution in [1.29, 1.82) is 0 Å². The van der Waals surface area contributed by atoms with E-state index >= 15 is 0 Å². The van der Waals surface area contributed by atoms with Crippen LogP contribution >= 0.6 is 24.0 Å². The van der Waals surface area contributed by atoms with Crippen LogP contribution in [0.4, 0.5) is 0 Å². The zero-order valence-corrected chi connectivity index (χ0v) is 20.0. The number of nitrogens with one attached hydrogen (secondary N) is 2. The summed E-state index contributed by atoms with van der Waals surface area (Å²) in [4.78, 5) is 4.31. The number of ether oxygens (including phenoxy) is 3. The molecule has 6 nitrogen and oxygen atoms in total. The number of rotatable bonds is 10. The maximum Gasteiger partial charge on any atom is 0.191 e. The molecular formula is C21H36IN3O3. The van der Waals surface area contributed by atoms with Crippen LogP contribution in [0.15, 0.2) is 29.3 Å². The van der Waals surface area contributed by atoms with Crippen LogP contribution in [0, 0.1) is 5.92 Å². The van der Waals surface area contributed by atoms with E-state index in [9.17, 15) is 0 Å². The maximum absolute atomic E-state index is 5.73. The molecule has 1 aromatic rings. The van der Waals surface area contributed by atoms with Gasteiger partial charge in [-0.05, 0) is 30.5 Å². The molecule has 1 aliphatic rings. The first kappa shape index (κ1) is 25.0. The standard InChI is InChI=1S/C21H35N3O3.HI/c1-21(2,18-6-8-19(25-4)9-7-18)16-24-20(22-3)23-11-5-12-26-14-17-10-13-27-15-17;/h6-9,17H,5,10-16H2,1-4H3,(H2,22,23,24);1H. The normalized spacial score (nSPS) is 17.1. The van der Waals surface area contributed by atoms with Crippen LogP contribution in [-0.4, -0.2) is 59.6 Å². The van der Waals surface area contributed by atoms with E-state index < -0.39 is 0 Å². The number of hydrogen-bond acceptors (Lipinski definition) is 4. The fourth-order valence-corrected chi connectivity index (χ4v) is 3.02. The van der Waals surface area contributed by atoms with Crippen LogP contribution in [0.25, 0.3) is 0 Å². The van der Waals surface area contributed by atoms with Gasteiger partial charge in [-0.15, -0.1) is 24.0 Å². The Morgan fingerprint density at radius 2 is 2.00 bits per heavy atom. The minimum absolute atomic E-state index is 0. The van der Waals surface area contributed by atoms with Gasteiger partial charge in [-0.25, -0.2) is 0 Å². The smallest absolute Gasteiger partial charge is 0.191 e. The second kappa shape index (κ2) is 13.2. The Hall–Kier alpha value is -1.06. The second-order valence-corrected chi connectivity index (χ2v) is 7.62. The largest absolute Gasteiger partial charge is 0.497 e. The second-order valence-electron chi connectivity index (χ2n) is 7.62. The topological polar surface area (TPSA) is 64.1 Å². The molecule has 0 spiro atoms. The van der Waals surface area contributed by atoms with E-state index in [2.05, 4.69) is 41.6 Å². The average molecular weight is 505 g/mol.